The van der Waals surface area contributed by atoms with Crippen LogP contribution in [0.2, 0.25) is 0 Å². The van der Waals surface area contributed by atoms with Crippen molar-refractivity contribution in [3.05, 3.63) is 143 Å². The molecule has 304 valence electrons. The first-order valence-electron chi connectivity index (χ1n) is 22.9. The largest absolute Gasteiger partial charge is 0.440 e. The molecule has 12 rings (SSSR count). The quantitative estimate of drug-likeness (QED) is 0.163. The summed E-state index contributed by atoms with van der Waals surface area (Å²) in [5, 5.41) is 1.21. The molecular formula is C57H57BN2O. The third-order valence-corrected chi connectivity index (χ3v) is 16.3. The molecule has 1 saturated carbocycles. The molecule has 0 bridgehead atoms. The number of benzene rings is 6. The summed E-state index contributed by atoms with van der Waals surface area (Å²) in [6.07, 6.45) is 4.85. The number of para-hydroxylation sites is 1. The minimum absolute atomic E-state index is 0.00645. The van der Waals surface area contributed by atoms with E-state index in [9.17, 15) is 0 Å². The Morgan fingerprint density at radius 2 is 1.26 bits per heavy atom. The molecular weight excluding hydrogens is 739 g/mol. The molecule has 6 aromatic carbocycles. The summed E-state index contributed by atoms with van der Waals surface area (Å²) in [5.74, 6) is 0.949. The van der Waals surface area contributed by atoms with Crippen LogP contribution in [0.5, 0.6) is 0 Å². The minimum atomic E-state index is -0.209. The fraction of sp³-hybridized carbons (Fsp3) is 0.333. The predicted octanol–water partition coefficient (Wildman–Crippen LogP) is 14.0. The van der Waals surface area contributed by atoms with Crippen molar-refractivity contribution in [1.82, 2.24) is 0 Å². The summed E-state index contributed by atoms with van der Waals surface area (Å²) >= 11 is 0. The van der Waals surface area contributed by atoms with E-state index in [1.54, 1.807) is 5.56 Å². The zero-order chi connectivity index (χ0) is 42.2. The van der Waals surface area contributed by atoms with Gasteiger partial charge >= 0.3 is 6.85 Å². The first-order chi connectivity index (χ1) is 29.0. The van der Waals surface area contributed by atoms with Crippen LogP contribution < -0.4 is 20.6 Å². The molecule has 0 amide bonds. The number of nitrogens with zero attached hydrogens (tertiary/aromatic N) is 2. The summed E-state index contributed by atoms with van der Waals surface area (Å²) < 4.78 is 7.45. The van der Waals surface area contributed by atoms with Crippen LogP contribution in [0.4, 0.5) is 22.9 Å². The molecule has 7 aromatic rings. The van der Waals surface area contributed by atoms with Crippen molar-refractivity contribution in [3.63, 3.8) is 0 Å². The molecule has 0 spiro atoms. The van der Waals surface area contributed by atoms with Gasteiger partial charge in [-0.3, -0.25) is 4.90 Å². The fourth-order valence-corrected chi connectivity index (χ4v) is 12.8. The summed E-state index contributed by atoms with van der Waals surface area (Å²) in [6, 6.07) is 44.3. The van der Waals surface area contributed by atoms with Crippen LogP contribution in [0.15, 0.2) is 120 Å². The Bertz CT molecular complexity index is 3030. The van der Waals surface area contributed by atoms with Crippen molar-refractivity contribution in [2.75, 3.05) is 9.71 Å². The van der Waals surface area contributed by atoms with Crippen molar-refractivity contribution in [2.24, 2.45) is 0 Å². The SMILES string of the molecule is CC(C)(C)c1ccc(N2c3oc4ccccc4c3B3c4c(cc5c(c42)-c2ccccc2C5(C)C)-c2cc(C(C)(C)C)cc4c2N3C2(C)CCCCC42C)c(-c2ccccc2)c1. The van der Waals surface area contributed by atoms with E-state index in [2.05, 4.69) is 194 Å². The van der Waals surface area contributed by atoms with Crippen molar-refractivity contribution < 1.29 is 4.42 Å². The van der Waals surface area contributed by atoms with Gasteiger partial charge in [0.1, 0.15) is 5.58 Å². The van der Waals surface area contributed by atoms with Crippen molar-refractivity contribution in [1.29, 1.82) is 0 Å². The third kappa shape index (κ3) is 4.67. The Balaban J connectivity index is 1.30. The van der Waals surface area contributed by atoms with E-state index in [0.717, 1.165) is 23.6 Å². The molecule has 2 unspecified atom stereocenters. The number of hydrogen-bond donors (Lipinski definition) is 0. The number of rotatable bonds is 2. The smallest absolute Gasteiger partial charge is 0.333 e. The second-order valence-corrected chi connectivity index (χ2v) is 22.0. The molecule has 61 heavy (non-hydrogen) atoms. The zero-order valence-electron chi connectivity index (χ0n) is 37.7. The van der Waals surface area contributed by atoms with E-state index >= 15 is 0 Å². The third-order valence-electron chi connectivity index (χ3n) is 16.3. The zero-order valence-corrected chi connectivity index (χ0v) is 37.7. The summed E-state index contributed by atoms with van der Waals surface area (Å²) in [5.41, 5.74) is 22.2. The van der Waals surface area contributed by atoms with Crippen LogP contribution in [-0.2, 0) is 21.7 Å². The van der Waals surface area contributed by atoms with E-state index in [1.165, 1.54) is 103 Å². The number of fused-ring (bicyclic) bond motifs is 13. The van der Waals surface area contributed by atoms with Crippen LogP contribution in [0.25, 0.3) is 44.3 Å². The fourth-order valence-electron chi connectivity index (χ4n) is 12.8. The molecule has 0 saturated heterocycles. The first-order valence-corrected chi connectivity index (χ1v) is 22.9. The minimum Gasteiger partial charge on any atom is -0.440 e. The Morgan fingerprint density at radius 3 is 2.03 bits per heavy atom. The van der Waals surface area contributed by atoms with Gasteiger partial charge in [0.05, 0.1) is 11.4 Å². The standard InChI is InChI=1S/C57H57BN2O/c1-53(2,3)35-26-27-45(39(30-35)34-20-12-11-13-21-34)59-51-47-37-22-14-16-24-42(37)55(7,8)43(47)33-40-41-31-36(54(4,5)6)32-44-50(41)60(57(10)29-19-18-28-56(44,57)9)58(48(40)51)49-38-23-15-17-25-46(38)61-52(49)59/h11-17,20-27,30-33H,18-19,28-29H2,1-10H3. The number of anilines is 4. The Hall–Kier alpha value is -5.48. The lowest BCUT2D eigenvalue weighted by Gasteiger charge is -2.55. The number of furan rings is 1. The van der Waals surface area contributed by atoms with Crippen LogP contribution >= 0.6 is 0 Å². The van der Waals surface area contributed by atoms with Crippen molar-refractivity contribution in [3.8, 4) is 33.4 Å². The van der Waals surface area contributed by atoms with E-state index < -0.39 is 0 Å². The lowest BCUT2D eigenvalue weighted by molar-refractivity contribution is 0.199. The van der Waals surface area contributed by atoms with E-state index in [0.29, 0.717) is 0 Å². The molecule has 1 aromatic heterocycles. The highest BCUT2D eigenvalue weighted by Gasteiger charge is 2.64. The molecule has 1 fully saturated rings. The van der Waals surface area contributed by atoms with E-state index in [4.69, 9.17) is 4.42 Å². The van der Waals surface area contributed by atoms with Gasteiger partial charge in [-0.05, 0) is 111 Å². The Kier molecular flexibility index (Phi) is 7.28. The summed E-state index contributed by atoms with van der Waals surface area (Å²) in [4.78, 5) is 5.56. The van der Waals surface area contributed by atoms with Gasteiger partial charge in [-0.2, -0.15) is 0 Å². The molecule has 5 aliphatic rings. The average molecular weight is 797 g/mol. The lowest BCUT2D eigenvalue weighted by Crippen LogP contribution is -2.70. The molecule has 4 heterocycles. The van der Waals surface area contributed by atoms with Crippen LogP contribution in [0, 0.1) is 0 Å². The van der Waals surface area contributed by atoms with Crippen molar-refractivity contribution >= 4 is 51.7 Å². The maximum Gasteiger partial charge on any atom is 0.333 e. The molecule has 2 atom stereocenters. The maximum absolute atomic E-state index is 7.45. The van der Waals surface area contributed by atoms with Gasteiger partial charge in [-0.25, -0.2) is 0 Å². The predicted molar refractivity (Wildman–Crippen MR) is 258 cm³/mol. The Labute approximate surface area is 362 Å². The summed E-state index contributed by atoms with van der Waals surface area (Å²) in [6.45, 7) is 24.3. The van der Waals surface area contributed by atoms with Gasteiger partial charge in [0.25, 0.3) is 0 Å². The molecule has 3 aliphatic heterocycles. The van der Waals surface area contributed by atoms with Gasteiger partial charge in [-0.1, -0.05) is 160 Å². The average Bonchev–Trinajstić information content (AvgIpc) is 3.80. The molecule has 4 heteroatoms. The maximum atomic E-state index is 7.45. The second kappa shape index (κ2) is 11.9. The highest BCUT2D eigenvalue weighted by Crippen LogP contribution is 2.65. The number of hydrogen-bond acceptors (Lipinski definition) is 3. The topological polar surface area (TPSA) is 19.6 Å². The Morgan fingerprint density at radius 1 is 0.574 bits per heavy atom. The van der Waals surface area contributed by atoms with Gasteiger partial charge in [-0.15, -0.1) is 0 Å². The normalized spacial score (nSPS) is 21.5. The molecule has 0 radical (unpaired) electrons. The van der Waals surface area contributed by atoms with Gasteiger partial charge in [0.15, 0.2) is 0 Å². The van der Waals surface area contributed by atoms with Crippen LogP contribution in [0.3, 0.4) is 0 Å². The monoisotopic (exact) mass is 796 g/mol. The highest BCUT2D eigenvalue weighted by atomic mass is 16.4. The molecule has 3 nitrogen and oxygen atoms in total. The van der Waals surface area contributed by atoms with E-state index in [1.807, 2.05) is 0 Å². The highest BCUT2D eigenvalue weighted by molar-refractivity contribution is 6.94. The molecule has 2 aliphatic carbocycles. The van der Waals surface area contributed by atoms with Gasteiger partial charge in [0, 0.05) is 49.6 Å². The van der Waals surface area contributed by atoms with Gasteiger partial charge < -0.3 is 9.23 Å². The van der Waals surface area contributed by atoms with Gasteiger partial charge in [0.2, 0.25) is 5.88 Å². The lowest BCUT2D eigenvalue weighted by atomic mass is 9.42. The molecule has 0 N–H and O–H groups in total. The first kappa shape index (κ1) is 37.3. The summed E-state index contributed by atoms with van der Waals surface area (Å²) in [7, 11) is 0. The van der Waals surface area contributed by atoms with Crippen molar-refractivity contribution in [2.45, 2.75) is 122 Å². The second-order valence-electron chi connectivity index (χ2n) is 22.0. The van der Waals surface area contributed by atoms with Crippen LogP contribution in [-0.4, -0.2) is 12.4 Å². The van der Waals surface area contributed by atoms with Crippen LogP contribution in [0.1, 0.15) is 123 Å². The van der Waals surface area contributed by atoms with E-state index in [-0.39, 0.29) is 34.0 Å².